The van der Waals surface area contributed by atoms with Crippen molar-refractivity contribution in [3.63, 3.8) is 0 Å². The van der Waals surface area contributed by atoms with Crippen LogP contribution in [0.1, 0.15) is 10.4 Å². The van der Waals surface area contributed by atoms with E-state index in [9.17, 15) is 4.79 Å². The first-order valence-corrected chi connectivity index (χ1v) is 7.87. The van der Waals surface area contributed by atoms with Crippen LogP contribution in [-0.4, -0.2) is 23.8 Å². The van der Waals surface area contributed by atoms with Gasteiger partial charge in [-0.15, -0.1) is 0 Å². The summed E-state index contributed by atoms with van der Waals surface area (Å²) >= 11 is 0. The lowest BCUT2D eigenvalue weighted by Gasteiger charge is -2.29. The maximum Gasteiger partial charge on any atom is 0.259 e. The fraction of sp³-hybridized carbons (Fsp3) is 0.333. The molecule has 1 rings (SSSR count). The molecule has 0 radical (unpaired) electrons. The summed E-state index contributed by atoms with van der Waals surface area (Å²) in [6.07, 6.45) is 3.18. The predicted molar refractivity (Wildman–Crippen MR) is 57.9 cm³/mol. The van der Waals surface area contributed by atoms with Crippen molar-refractivity contribution in [3.8, 4) is 0 Å². The number of pyridine rings is 1. The van der Waals surface area contributed by atoms with E-state index in [0.717, 1.165) is 0 Å². The average molecular weight is 209 g/mol. The van der Waals surface area contributed by atoms with Crippen LogP contribution in [0.15, 0.2) is 24.5 Å². The minimum Gasteiger partial charge on any atom is -0.306 e. The number of rotatable bonds is 2. The molecule has 0 spiro atoms. The molecule has 0 aliphatic carbocycles. The van der Waals surface area contributed by atoms with E-state index in [1.165, 1.54) is 4.67 Å². The number of amides is 1. The Bertz CT molecular complexity index is 321. The number of carbonyl (C=O) groups excluding carboxylic acids is 1. The molecule has 0 saturated heterocycles. The smallest absolute Gasteiger partial charge is 0.259 e. The molecule has 2 N–H and O–H groups in total. The summed E-state index contributed by atoms with van der Waals surface area (Å²) in [4.78, 5) is 15.6. The Balaban J connectivity index is 2.87. The minimum atomic E-state index is -1.77. The summed E-state index contributed by atoms with van der Waals surface area (Å²) in [6.45, 7) is 6.06. The number of hydrogen-bond acceptors (Lipinski definition) is 3. The van der Waals surface area contributed by atoms with Crippen LogP contribution < -0.4 is 5.84 Å². The van der Waals surface area contributed by atoms with Crippen LogP contribution in [0.2, 0.25) is 19.6 Å². The number of nitrogens with two attached hydrogens (primary N) is 1. The molecule has 0 aliphatic rings. The summed E-state index contributed by atoms with van der Waals surface area (Å²) in [5, 5.41) is 0. The Morgan fingerprint density at radius 1 is 1.36 bits per heavy atom. The Morgan fingerprint density at radius 3 is 2.29 bits per heavy atom. The standard InChI is InChI=1S/C9H15N3OSi/c1-14(2,3)12(10)9(13)8-4-6-11-7-5-8/h4-7H,10H2,1-3H3. The minimum absolute atomic E-state index is 0.133. The summed E-state index contributed by atoms with van der Waals surface area (Å²) < 4.78 is 1.36. The van der Waals surface area contributed by atoms with Crippen LogP contribution in [0.3, 0.4) is 0 Å². The third kappa shape index (κ3) is 2.40. The highest BCUT2D eigenvalue weighted by Crippen LogP contribution is 2.09. The molecular weight excluding hydrogens is 194 g/mol. The lowest BCUT2D eigenvalue weighted by Crippen LogP contribution is -2.54. The van der Waals surface area contributed by atoms with Crippen molar-refractivity contribution in [1.29, 1.82) is 0 Å². The van der Waals surface area contributed by atoms with E-state index in [1.807, 2.05) is 19.6 Å². The third-order valence-electron chi connectivity index (χ3n) is 1.87. The average Bonchev–Trinajstić information content (AvgIpc) is 2.15. The van der Waals surface area contributed by atoms with Gasteiger partial charge in [0, 0.05) is 18.0 Å². The zero-order chi connectivity index (χ0) is 10.8. The maximum atomic E-state index is 11.8. The first kappa shape index (κ1) is 10.9. The predicted octanol–water partition coefficient (Wildman–Crippen LogP) is 1.23. The highest BCUT2D eigenvalue weighted by molar-refractivity contribution is 6.75. The van der Waals surface area contributed by atoms with Crippen molar-refractivity contribution >= 4 is 14.1 Å². The van der Waals surface area contributed by atoms with Crippen molar-refractivity contribution in [3.05, 3.63) is 30.1 Å². The molecule has 0 atom stereocenters. The van der Waals surface area contributed by atoms with Crippen LogP contribution in [0.5, 0.6) is 0 Å². The van der Waals surface area contributed by atoms with Crippen LogP contribution in [0.25, 0.3) is 0 Å². The van der Waals surface area contributed by atoms with Crippen molar-refractivity contribution in [2.24, 2.45) is 5.84 Å². The number of carbonyl (C=O) groups is 1. The summed E-state index contributed by atoms with van der Waals surface area (Å²) in [5.74, 6) is 5.62. The first-order valence-electron chi connectivity index (χ1n) is 4.42. The number of aromatic nitrogens is 1. The lowest BCUT2D eigenvalue weighted by atomic mass is 10.3. The van der Waals surface area contributed by atoms with Gasteiger partial charge in [-0.25, -0.2) is 0 Å². The molecule has 1 heterocycles. The van der Waals surface area contributed by atoms with Gasteiger partial charge in [-0.05, 0) is 12.1 Å². The van der Waals surface area contributed by atoms with Crippen LogP contribution >= 0.6 is 0 Å². The molecule has 4 nitrogen and oxygen atoms in total. The largest absolute Gasteiger partial charge is 0.306 e. The van der Waals surface area contributed by atoms with Gasteiger partial charge in [0.25, 0.3) is 5.91 Å². The molecule has 1 aromatic rings. The normalized spacial score (nSPS) is 11.1. The summed E-state index contributed by atoms with van der Waals surface area (Å²) in [7, 11) is -1.77. The van der Waals surface area contributed by atoms with Gasteiger partial charge in [-0.1, -0.05) is 19.6 Å². The molecule has 14 heavy (non-hydrogen) atoms. The summed E-state index contributed by atoms with van der Waals surface area (Å²) in [6, 6.07) is 3.34. The molecule has 0 bridgehead atoms. The van der Waals surface area contributed by atoms with E-state index in [2.05, 4.69) is 4.98 Å². The molecule has 76 valence electrons. The number of nitrogens with zero attached hydrogens (tertiary/aromatic N) is 2. The number of hydrazine groups is 1. The van der Waals surface area contributed by atoms with Gasteiger partial charge in [0.2, 0.25) is 0 Å². The lowest BCUT2D eigenvalue weighted by molar-refractivity contribution is 0.0850. The monoisotopic (exact) mass is 209 g/mol. The van der Waals surface area contributed by atoms with Gasteiger partial charge in [-0.3, -0.25) is 15.6 Å². The molecule has 1 aromatic heterocycles. The summed E-state index contributed by atoms with van der Waals surface area (Å²) in [5.41, 5.74) is 0.588. The van der Waals surface area contributed by atoms with Crippen LogP contribution in [-0.2, 0) is 0 Å². The molecule has 5 heteroatoms. The second kappa shape index (κ2) is 3.89. The Labute approximate surface area is 84.8 Å². The van der Waals surface area contributed by atoms with Crippen molar-refractivity contribution in [2.45, 2.75) is 19.6 Å². The fourth-order valence-electron chi connectivity index (χ4n) is 0.938. The van der Waals surface area contributed by atoms with E-state index in [1.54, 1.807) is 24.5 Å². The topological polar surface area (TPSA) is 59.2 Å². The van der Waals surface area contributed by atoms with Gasteiger partial charge < -0.3 is 4.67 Å². The second-order valence-electron chi connectivity index (χ2n) is 4.08. The van der Waals surface area contributed by atoms with E-state index in [0.29, 0.717) is 5.56 Å². The Kier molecular flexibility index (Phi) is 3.02. The van der Waals surface area contributed by atoms with Crippen LogP contribution in [0.4, 0.5) is 0 Å². The quantitative estimate of drug-likeness (QED) is 0.345. The highest BCUT2D eigenvalue weighted by atomic mass is 28.3. The molecule has 0 aromatic carbocycles. The maximum absolute atomic E-state index is 11.8. The fourth-order valence-corrected chi connectivity index (χ4v) is 1.68. The zero-order valence-corrected chi connectivity index (χ0v) is 9.69. The van der Waals surface area contributed by atoms with Crippen LogP contribution in [0, 0.1) is 0 Å². The molecule has 0 aliphatic heterocycles. The zero-order valence-electron chi connectivity index (χ0n) is 8.69. The third-order valence-corrected chi connectivity index (χ3v) is 3.52. The van der Waals surface area contributed by atoms with Crippen molar-refractivity contribution in [2.75, 3.05) is 0 Å². The molecule has 0 saturated carbocycles. The Morgan fingerprint density at radius 2 is 1.86 bits per heavy atom. The van der Waals surface area contributed by atoms with Gasteiger partial charge in [0.1, 0.15) is 0 Å². The van der Waals surface area contributed by atoms with Gasteiger partial charge in [-0.2, -0.15) is 0 Å². The van der Waals surface area contributed by atoms with E-state index >= 15 is 0 Å². The van der Waals surface area contributed by atoms with Gasteiger partial charge in [0.05, 0.1) is 0 Å². The Hall–Kier alpha value is -1.20. The molecule has 0 fully saturated rings. The van der Waals surface area contributed by atoms with Crippen molar-refractivity contribution < 1.29 is 4.79 Å². The second-order valence-corrected chi connectivity index (χ2v) is 8.91. The van der Waals surface area contributed by atoms with E-state index < -0.39 is 8.24 Å². The molecule has 1 amide bonds. The van der Waals surface area contributed by atoms with E-state index in [-0.39, 0.29) is 5.91 Å². The van der Waals surface area contributed by atoms with Crippen molar-refractivity contribution in [1.82, 2.24) is 9.66 Å². The highest BCUT2D eigenvalue weighted by Gasteiger charge is 2.26. The number of hydrogen-bond donors (Lipinski definition) is 1. The van der Waals surface area contributed by atoms with E-state index in [4.69, 9.17) is 5.84 Å². The van der Waals surface area contributed by atoms with Gasteiger partial charge in [0.15, 0.2) is 8.24 Å². The first-order chi connectivity index (χ1) is 6.43. The molecule has 0 unspecified atom stereocenters. The molecular formula is C9H15N3OSi. The SMILES string of the molecule is C[Si](C)(C)N(N)C(=O)c1ccncc1. The van der Waals surface area contributed by atoms with Gasteiger partial charge >= 0.3 is 0 Å².